The van der Waals surface area contributed by atoms with Crippen LogP contribution in [-0.4, -0.2) is 66.0 Å². The topological polar surface area (TPSA) is 72.9 Å². The van der Waals surface area contributed by atoms with Crippen LogP contribution in [0.2, 0.25) is 10.9 Å². The van der Waals surface area contributed by atoms with E-state index in [0.717, 1.165) is 37.2 Å². The number of hydrogen-bond donors (Lipinski definition) is 2. The van der Waals surface area contributed by atoms with E-state index in [0.29, 0.717) is 35.2 Å². The van der Waals surface area contributed by atoms with Crippen LogP contribution in [0.1, 0.15) is 38.2 Å². The standard InChI is InChI=1S/C17H26N2O.C5H9AsNO2/c1-2-18-12-8-15-16(18)4-3-5-17(15)19-10-6-14(7-11-19)9-13-20;1-6-3-2-5(9)7-4-8/h3-5,14,20H,2,6-13H2,1H3;4H,2-3H2,1H3,(H,7,8,9). The third-order valence-corrected chi connectivity index (χ3v) is 7.16. The SMILES string of the molecule is CCN1CCc2c1cccc2N1CCC(CCO)CC1.C[As]CCC(=O)NC=O. The first kappa shape index (κ1) is 23.8. The van der Waals surface area contributed by atoms with Crippen molar-refractivity contribution in [2.24, 2.45) is 5.92 Å². The number of piperidine rings is 1. The van der Waals surface area contributed by atoms with Gasteiger partial charge in [0.1, 0.15) is 0 Å². The van der Waals surface area contributed by atoms with Crippen molar-refractivity contribution in [1.29, 1.82) is 0 Å². The zero-order valence-electron chi connectivity index (χ0n) is 17.8. The van der Waals surface area contributed by atoms with Crippen LogP contribution in [0.3, 0.4) is 0 Å². The molecule has 2 aliphatic rings. The van der Waals surface area contributed by atoms with E-state index in [2.05, 4.69) is 46.0 Å². The molecule has 1 aromatic rings. The van der Waals surface area contributed by atoms with Crippen LogP contribution < -0.4 is 15.1 Å². The molecule has 161 valence electrons. The average Bonchev–Trinajstić information content (AvgIpc) is 3.17. The zero-order chi connectivity index (χ0) is 21.1. The second-order valence-corrected chi connectivity index (χ2v) is 9.79. The molecule has 3 rings (SSSR count). The Kier molecular flexibility index (Phi) is 10.6. The van der Waals surface area contributed by atoms with Gasteiger partial charge in [-0.3, -0.25) is 0 Å². The van der Waals surface area contributed by atoms with Gasteiger partial charge in [-0.1, -0.05) is 6.07 Å². The summed E-state index contributed by atoms with van der Waals surface area (Å²) in [5.74, 6) is 0.558. The van der Waals surface area contributed by atoms with Crippen molar-refractivity contribution in [3.8, 4) is 0 Å². The molecule has 0 bridgehead atoms. The Morgan fingerprint density at radius 1 is 1.28 bits per heavy atom. The van der Waals surface area contributed by atoms with E-state index in [1.54, 1.807) is 5.56 Å². The van der Waals surface area contributed by atoms with Gasteiger partial charge in [0.2, 0.25) is 0 Å². The molecule has 29 heavy (non-hydrogen) atoms. The van der Waals surface area contributed by atoms with Crippen molar-refractivity contribution >= 4 is 39.4 Å². The summed E-state index contributed by atoms with van der Waals surface area (Å²) in [5.41, 5.74) is 6.54. The van der Waals surface area contributed by atoms with Crippen LogP contribution in [0.4, 0.5) is 11.4 Å². The summed E-state index contributed by atoms with van der Waals surface area (Å²) >= 11 is 0.303. The molecule has 1 saturated heterocycles. The Bertz CT molecular complexity index is 648. The molecular formula is C22H35AsN3O3. The number of anilines is 2. The number of fused-ring (bicyclic) bond motifs is 1. The first-order valence-electron chi connectivity index (χ1n) is 10.7. The molecule has 2 heterocycles. The Morgan fingerprint density at radius 2 is 2.00 bits per heavy atom. The van der Waals surface area contributed by atoms with E-state index in [4.69, 9.17) is 5.11 Å². The summed E-state index contributed by atoms with van der Waals surface area (Å²) in [7, 11) is 0. The monoisotopic (exact) mass is 464 g/mol. The van der Waals surface area contributed by atoms with Crippen LogP contribution in [0, 0.1) is 5.92 Å². The third-order valence-electron chi connectivity index (χ3n) is 5.76. The van der Waals surface area contributed by atoms with Gasteiger partial charge >= 0.3 is 60.3 Å². The first-order chi connectivity index (χ1) is 14.1. The number of amides is 2. The fourth-order valence-corrected chi connectivity index (χ4v) is 5.00. The van der Waals surface area contributed by atoms with E-state index in [-0.39, 0.29) is 5.91 Å². The Hall–Kier alpha value is -1.52. The maximum atomic E-state index is 10.5. The number of carbonyl (C=O) groups excluding carboxylic acids is 2. The van der Waals surface area contributed by atoms with Gasteiger partial charge in [0, 0.05) is 49.7 Å². The molecule has 7 heteroatoms. The summed E-state index contributed by atoms with van der Waals surface area (Å²) in [6.07, 6.45) is 5.54. The number of likely N-dealkylation sites (N-methyl/N-ethyl adjacent to an activating group) is 1. The summed E-state index contributed by atoms with van der Waals surface area (Å²) in [6.45, 7) is 7.15. The Balaban J connectivity index is 0.000000284. The van der Waals surface area contributed by atoms with Crippen LogP contribution in [0.5, 0.6) is 0 Å². The summed E-state index contributed by atoms with van der Waals surface area (Å²) in [6, 6.07) is 6.78. The number of hydrogen-bond acceptors (Lipinski definition) is 5. The number of imide groups is 1. The predicted octanol–water partition coefficient (Wildman–Crippen LogP) is 2.49. The first-order valence-corrected chi connectivity index (χ1v) is 13.9. The van der Waals surface area contributed by atoms with Crippen molar-refractivity contribution in [2.75, 3.05) is 42.6 Å². The molecule has 0 saturated carbocycles. The molecule has 2 N–H and O–H groups in total. The molecular weight excluding hydrogens is 429 g/mol. The Labute approximate surface area is 181 Å². The maximum absolute atomic E-state index is 10.5. The quantitative estimate of drug-likeness (QED) is 0.457. The van der Waals surface area contributed by atoms with Crippen molar-refractivity contribution in [1.82, 2.24) is 5.32 Å². The molecule has 2 aliphatic heterocycles. The molecule has 6 nitrogen and oxygen atoms in total. The predicted molar refractivity (Wildman–Crippen MR) is 120 cm³/mol. The molecule has 2 amide bonds. The van der Waals surface area contributed by atoms with E-state index in [1.165, 1.54) is 37.2 Å². The molecule has 0 aromatic heterocycles. The van der Waals surface area contributed by atoms with Gasteiger partial charge in [-0.15, -0.1) is 0 Å². The van der Waals surface area contributed by atoms with E-state index in [9.17, 15) is 9.59 Å². The summed E-state index contributed by atoms with van der Waals surface area (Å²) < 4.78 is 0. The normalized spacial score (nSPS) is 16.5. The molecule has 0 aliphatic carbocycles. The van der Waals surface area contributed by atoms with Crippen LogP contribution in [0.25, 0.3) is 0 Å². The molecule has 0 spiro atoms. The zero-order valence-corrected chi connectivity index (χ0v) is 19.6. The summed E-state index contributed by atoms with van der Waals surface area (Å²) in [5, 5.41) is 12.1. The number of carbonyl (C=O) groups is 2. The number of nitrogens with one attached hydrogen (secondary N) is 1. The van der Waals surface area contributed by atoms with Crippen LogP contribution >= 0.6 is 0 Å². The van der Waals surface area contributed by atoms with E-state index < -0.39 is 0 Å². The van der Waals surface area contributed by atoms with Gasteiger partial charge in [0.05, 0.1) is 0 Å². The molecule has 1 aromatic carbocycles. The van der Waals surface area contributed by atoms with Gasteiger partial charge < -0.3 is 14.9 Å². The Morgan fingerprint density at radius 3 is 2.62 bits per heavy atom. The fourth-order valence-electron chi connectivity index (χ4n) is 4.10. The number of nitrogens with zero attached hydrogens (tertiary/aromatic N) is 2. The molecule has 0 unspecified atom stereocenters. The van der Waals surface area contributed by atoms with Gasteiger partial charge in [0.25, 0.3) is 0 Å². The van der Waals surface area contributed by atoms with Gasteiger partial charge in [-0.2, -0.15) is 0 Å². The van der Waals surface area contributed by atoms with Crippen LogP contribution in [-0.2, 0) is 16.0 Å². The van der Waals surface area contributed by atoms with E-state index in [1.807, 2.05) is 0 Å². The third kappa shape index (κ3) is 7.04. The second-order valence-electron chi connectivity index (χ2n) is 7.52. The van der Waals surface area contributed by atoms with Gasteiger partial charge in [-0.25, -0.2) is 0 Å². The van der Waals surface area contributed by atoms with Gasteiger partial charge in [0.15, 0.2) is 0 Å². The van der Waals surface area contributed by atoms with Crippen LogP contribution in [0.15, 0.2) is 18.2 Å². The van der Waals surface area contributed by atoms with E-state index >= 15 is 0 Å². The summed E-state index contributed by atoms with van der Waals surface area (Å²) in [4.78, 5) is 25.2. The second kappa shape index (κ2) is 12.9. The fraction of sp³-hybridized carbons (Fsp3) is 0.636. The number of rotatable bonds is 8. The van der Waals surface area contributed by atoms with Crippen molar-refractivity contribution in [3.63, 3.8) is 0 Å². The number of aliphatic hydroxyl groups excluding tert-OH is 1. The minimum atomic E-state index is -0.165. The molecule has 1 radical (unpaired) electrons. The van der Waals surface area contributed by atoms with Crippen molar-refractivity contribution in [3.05, 3.63) is 23.8 Å². The number of aliphatic hydroxyl groups is 1. The van der Waals surface area contributed by atoms with Crippen molar-refractivity contribution < 1.29 is 14.7 Å². The van der Waals surface area contributed by atoms with Crippen molar-refractivity contribution in [2.45, 2.75) is 49.9 Å². The number of benzene rings is 1. The molecule has 1 fully saturated rings. The average molecular weight is 464 g/mol. The molecule has 0 atom stereocenters. The minimum absolute atomic E-state index is 0.165. The van der Waals surface area contributed by atoms with Gasteiger partial charge in [-0.05, 0) is 50.7 Å².